The Kier molecular flexibility index (Phi) is 8.74. The van der Waals surface area contributed by atoms with E-state index in [9.17, 15) is 4.79 Å². The van der Waals surface area contributed by atoms with Crippen molar-refractivity contribution in [3.8, 4) is 5.75 Å². The van der Waals surface area contributed by atoms with E-state index in [-0.39, 0.29) is 5.91 Å². The first-order valence-corrected chi connectivity index (χ1v) is 9.40. The minimum atomic E-state index is -0.829. The lowest BCUT2D eigenvalue weighted by atomic mass is 9.83. The van der Waals surface area contributed by atoms with Crippen molar-refractivity contribution in [3.05, 3.63) is 23.2 Å². The Balaban J connectivity index is 3.09. The molecule has 0 aliphatic rings. The molecule has 1 rings (SSSR count). The van der Waals surface area contributed by atoms with E-state index in [0.29, 0.717) is 47.7 Å². The summed E-state index contributed by atoms with van der Waals surface area (Å²) in [5.74, 6) is 1.17. The first-order valence-electron chi connectivity index (χ1n) is 9.03. The zero-order valence-electron chi connectivity index (χ0n) is 16.3. The maximum atomic E-state index is 13.2. The minimum absolute atomic E-state index is 0.107. The molecule has 0 saturated heterocycles. The molecule has 0 spiro atoms. The summed E-state index contributed by atoms with van der Waals surface area (Å²) in [4.78, 5) is 13.2. The van der Waals surface area contributed by atoms with Crippen LogP contribution in [-0.2, 0) is 9.53 Å². The van der Waals surface area contributed by atoms with Crippen LogP contribution in [0.4, 0.5) is 5.69 Å². The zero-order valence-corrected chi connectivity index (χ0v) is 17.1. The Hall–Kier alpha value is -1.26. The number of nitrogens with one attached hydrogen (secondary N) is 1. The third-order valence-corrected chi connectivity index (χ3v) is 4.18. The molecule has 5 heteroatoms. The highest BCUT2D eigenvalue weighted by Gasteiger charge is 2.40. The number of anilines is 1. The number of carbonyl (C=O) groups excluding carboxylic acids is 1. The molecule has 0 bridgehead atoms. The molecule has 1 amide bonds. The van der Waals surface area contributed by atoms with Crippen molar-refractivity contribution in [2.24, 2.45) is 11.8 Å². The Morgan fingerprint density at radius 2 is 1.80 bits per heavy atom. The molecule has 0 aromatic heterocycles. The van der Waals surface area contributed by atoms with Crippen molar-refractivity contribution in [2.45, 2.75) is 59.5 Å². The molecule has 1 N–H and O–H groups in total. The Morgan fingerprint density at radius 3 is 2.24 bits per heavy atom. The molecule has 0 heterocycles. The topological polar surface area (TPSA) is 47.6 Å². The zero-order chi connectivity index (χ0) is 19.0. The lowest BCUT2D eigenvalue weighted by molar-refractivity contribution is -0.147. The standard InChI is InChI=1S/C20H32ClNO3/c1-7-10-25-20(12-14(2)3,13-15(4)5)19(23)22-16-8-9-18(24-6)17(21)11-16/h8-9,11,14-15H,7,10,12-13H2,1-6H3,(H,22,23). The molecule has 0 aliphatic heterocycles. The lowest BCUT2D eigenvalue weighted by Crippen LogP contribution is -2.47. The van der Waals surface area contributed by atoms with E-state index < -0.39 is 5.60 Å². The van der Waals surface area contributed by atoms with Gasteiger partial charge in [0.15, 0.2) is 0 Å². The second kappa shape index (κ2) is 10.0. The van der Waals surface area contributed by atoms with Gasteiger partial charge in [0, 0.05) is 12.3 Å². The predicted molar refractivity (Wildman–Crippen MR) is 105 cm³/mol. The van der Waals surface area contributed by atoms with Gasteiger partial charge in [-0.15, -0.1) is 0 Å². The van der Waals surface area contributed by atoms with Crippen LogP contribution < -0.4 is 10.1 Å². The third kappa shape index (κ3) is 6.52. The van der Waals surface area contributed by atoms with Gasteiger partial charge in [-0.25, -0.2) is 0 Å². The number of methoxy groups -OCH3 is 1. The molecule has 0 fully saturated rings. The minimum Gasteiger partial charge on any atom is -0.495 e. The summed E-state index contributed by atoms with van der Waals surface area (Å²) in [6.45, 7) is 11.1. The van der Waals surface area contributed by atoms with Crippen LogP contribution >= 0.6 is 11.6 Å². The van der Waals surface area contributed by atoms with Gasteiger partial charge in [0.05, 0.1) is 12.1 Å². The van der Waals surface area contributed by atoms with Crippen LogP contribution in [0, 0.1) is 11.8 Å². The number of hydrogen-bond acceptors (Lipinski definition) is 3. The fourth-order valence-corrected chi connectivity index (χ4v) is 3.32. The van der Waals surface area contributed by atoms with Crippen molar-refractivity contribution in [3.63, 3.8) is 0 Å². The van der Waals surface area contributed by atoms with Gasteiger partial charge in [-0.2, -0.15) is 0 Å². The quantitative estimate of drug-likeness (QED) is 0.588. The molecule has 142 valence electrons. The number of hydrogen-bond donors (Lipinski definition) is 1. The van der Waals surface area contributed by atoms with E-state index in [1.807, 2.05) is 0 Å². The van der Waals surface area contributed by atoms with Gasteiger partial charge in [-0.3, -0.25) is 4.79 Å². The van der Waals surface area contributed by atoms with Gasteiger partial charge in [-0.05, 0) is 49.3 Å². The first-order chi connectivity index (χ1) is 11.7. The number of halogens is 1. The molecule has 0 atom stereocenters. The normalized spacial score (nSPS) is 11.9. The highest BCUT2D eigenvalue weighted by molar-refractivity contribution is 6.32. The van der Waals surface area contributed by atoms with Crippen molar-refractivity contribution in [1.29, 1.82) is 0 Å². The van der Waals surface area contributed by atoms with Gasteiger partial charge in [0.25, 0.3) is 5.91 Å². The molecule has 0 radical (unpaired) electrons. The monoisotopic (exact) mass is 369 g/mol. The van der Waals surface area contributed by atoms with Crippen LogP contribution in [0.25, 0.3) is 0 Å². The summed E-state index contributed by atoms with van der Waals surface area (Å²) in [6, 6.07) is 5.24. The fraction of sp³-hybridized carbons (Fsp3) is 0.650. The highest BCUT2D eigenvalue weighted by Crippen LogP contribution is 2.32. The van der Waals surface area contributed by atoms with Crippen molar-refractivity contribution < 1.29 is 14.3 Å². The van der Waals surface area contributed by atoms with E-state index in [1.165, 1.54) is 0 Å². The second-order valence-electron chi connectivity index (χ2n) is 7.34. The van der Waals surface area contributed by atoms with E-state index in [4.69, 9.17) is 21.1 Å². The third-order valence-electron chi connectivity index (χ3n) is 3.88. The van der Waals surface area contributed by atoms with Crippen LogP contribution in [0.2, 0.25) is 5.02 Å². The first kappa shape index (κ1) is 21.8. The molecule has 1 aromatic rings. The molecule has 25 heavy (non-hydrogen) atoms. The summed E-state index contributed by atoms with van der Waals surface area (Å²) in [7, 11) is 1.56. The second-order valence-corrected chi connectivity index (χ2v) is 7.75. The molecular formula is C20H32ClNO3. The van der Waals surface area contributed by atoms with Gasteiger partial charge in [0.1, 0.15) is 11.4 Å². The number of ether oxygens (including phenoxy) is 2. The molecular weight excluding hydrogens is 338 g/mol. The number of benzene rings is 1. The average molecular weight is 370 g/mol. The van der Waals surface area contributed by atoms with Gasteiger partial charge in [0.2, 0.25) is 0 Å². The van der Waals surface area contributed by atoms with Gasteiger partial charge < -0.3 is 14.8 Å². The fourth-order valence-electron chi connectivity index (χ4n) is 3.06. The predicted octanol–water partition coefficient (Wildman–Crippen LogP) is 5.54. The maximum Gasteiger partial charge on any atom is 0.256 e. The smallest absolute Gasteiger partial charge is 0.256 e. The number of amides is 1. The SMILES string of the molecule is CCCOC(CC(C)C)(CC(C)C)C(=O)Nc1ccc(OC)c(Cl)c1. The van der Waals surface area contributed by atoms with Crippen LogP contribution in [0.15, 0.2) is 18.2 Å². The Labute approximate surface area is 157 Å². The Morgan fingerprint density at radius 1 is 1.20 bits per heavy atom. The summed E-state index contributed by atoms with van der Waals surface area (Å²) >= 11 is 6.17. The van der Waals surface area contributed by atoms with Crippen LogP contribution in [0.3, 0.4) is 0 Å². The van der Waals surface area contributed by atoms with E-state index in [0.717, 1.165) is 6.42 Å². The van der Waals surface area contributed by atoms with Crippen molar-refractivity contribution in [2.75, 3.05) is 19.0 Å². The molecule has 0 aliphatic carbocycles. The average Bonchev–Trinajstić information content (AvgIpc) is 2.51. The van der Waals surface area contributed by atoms with Crippen LogP contribution in [-0.4, -0.2) is 25.2 Å². The highest BCUT2D eigenvalue weighted by atomic mass is 35.5. The van der Waals surface area contributed by atoms with Gasteiger partial charge >= 0.3 is 0 Å². The summed E-state index contributed by atoms with van der Waals surface area (Å²) < 4.78 is 11.3. The lowest BCUT2D eigenvalue weighted by Gasteiger charge is -2.35. The maximum absolute atomic E-state index is 13.2. The Bertz CT molecular complexity index is 548. The molecule has 1 aromatic carbocycles. The number of carbonyl (C=O) groups is 1. The molecule has 0 unspecified atom stereocenters. The molecule has 4 nitrogen and oxygen atoms in total. The van der Waals surface area contributed by atoms with Crippen LogP contribution in [0.1, 0.15) is 53.9 Å². The van der Waals surface area contributed by atoms with E-state index in [2.05, 4.69) is 39.9 Å². The molecule has 0 saturated carbocycles. The van der Waals surface area contributed by atoms with Crippen molar-refractivity contribution >= 4 is 23.2 Å². The largest absolute Gasteiger partial charge is 0.495 e. The van der Waals surface area contributed by atoms with Gasteiger partial charge in [-0.1, -0.05) is 46.2 Å². The van der Waals surface area contributed by atoms with Crippen LogP contribution in [0.5, 0.6) is 5.75 Å². The van der Waals surface area contributed by atoms with Crippen molar-refractivity contribution in [1.82, 2.24) is 0 Å². The summed E-state index contributed by atoms with van der Waals surface area (Å²) in [5, 5.41) is 3.46. The summed E-state index contributed by atoms with van der Waals surface area (Å²) in [6.07, 6.45) is 2.24. The van der Waals surface area contributed by atoms with E-state index >= 15 is 0 Å². The number of rotatable bonds is 10. The summed E-state index contributed by atoms with van der Waals surface area (Å²) in [5.41, 5.74) is -0.183. The van der Waals surface area contributed by atoms with E-state index in [1.54, 1.807) is 25.3 Å².